The zero-order valence-electron chi connectivity index (χ0n) is 6.73. The lowest BCUT2D eigenvalue weighted by Crippen LogP contribution is -2.36. The monoisotopic (exact) mass is 181 g/mol. The summed E-state index contributed by atoms with van der Waals surface area (Å²) in [7, 11) is 0. The molecule has 0 N–H and O–H groups in total. The summed E-state index contributed by atoms with van der Waals surface area (Å²) >= 11 is 0. The Bertz CT molecular complexity index is 287. The maximum Gasteiger partial charge on any atom is 0.424 e. The zero-order chi connectivity index (χ0) is 9.84. The normalized spacial score (nSPS) is 14.9. The number of hydrogen-bond acceptors (Lipinski definition) is 4. The van der Waals surface area contributed by atoms with Crippen LogP contribution in [-0.4, -0.2) is 29.4 Å². The van der Waals surface area contributed by atoms with Crippen LogP contribution in [0.5, 0.6) is 0 Å². The first-order valence-electron chi connectivity index (χ1n) is 3.50. The minimum atomic E-state index is -0.972. The van der Waals surface area contributed by atoms with Crippen LogP contribution in [0.15, 0.2) is 24.8 Å². The molecule has 0 radical (unpaired) electrons. The third kappa shape index (κ3) is 1.81. The fourth-order valence-corrected chi connectivity index (χ4v) is 0.775. The van der Waals surface area contributed by atoms with Crippen molar-refractivity contribution < 1.29 is 19.1 Å². The van der Waals surface area contributed by atoms with E-state index in [-0.39, 0.29) is 6.61 Å². The van der Waals surface area contributed by atoms with Gasteiger partial charge in [0.15, 0.2) is 0 Å². The summed E-state index contributed by atoms with van der Waals surface area (Å²) in [5.74, 6) is -1.36. The van der Waals surface area contributed by atoms with E-state index in [1.165, 1.54) is 6.08 Å². The average molecular weight is 181 g/mol. The second-order valence-corrected chi connectivity index (χ2v) is 2.21. The van der Waals surface area contributed by atoms with Crippen LogP contribution in [0.2, 0.25) is 0 Å². The standard InChI is InChI=1S/C8H7NO4/c1-2-5-13-8(12)9-6(10)3-4-7(9)11/h2-4H,1,5H2. The molecule has 0 aromatic rings. The lowest BCUT2D eigenvalue weighted by atomic mass is 10.6. The first-order valence-corrected chi connectivity index (χ1v) is 3.50. The Hall–Kier alpha value is -1.91. The Balaban J connectivity index is 2.62. The van der Waals surface area contributed by atoms with Crippen LogP contribution in [0.25, 0.3) is 0 Å². The fourth-order valence-electron chi connectivity index (χ4n) is 0.775. The molecule has 1 rings (SSSR count). The average Bonchev–Trinajstić information content (AvgIpc) is 2.42. The van der Waals surface area contributed by atoms with E-state index in [0.29, 0.717) is 4.90 Å². The number of nitrogens with zero attached hydrogens (tertiary/aromatic N) is 1. The van der Waals surface area contributed by atoms with Gasteiger partial charge in [-0.2, -0.15) is 4.90 Å². The molecule has 1 aliphatic heterocycles. The molecule has 0 unspecified atom stereocenters. The van der Waals surface area contributed by atoms with Gasteiger partial charge >= 0.3 is 6.09 Å². The molecule has 0 saturated heterocycles. The molecule has 0 fully saturated rings. The van der Waals surface area contributed by atoms with Crippen molar-refractivity contribution in [3.63, 3.8) is 0 Å². The summed E-state index contributed by atoms with van der Waals surface area (Å²) in [6.45, 7) is 3.28. The highest BCUT2D eigenvalue weighted by atomic mass is 16.6. The van der Waals surface area contributed by atoms with Crippen LogP contribution >= 0.6 is 0 Å². The van der Waals surface area contributed by atoms with Crippen LogP contribution < -0.4 is 0 Å². The number of ether oxygens (including phenoxy) is 1. The maximum atomic E-state index is 11.0. The Morgan fingerprint density at radius 1 is 1.46 bits per heavy atom. The van der Waals surface area contributed by atoms with E-state index in [0.717, 1.165) is 12.2 Å². The van der Waals surface area contributed by atoms with E-state index in [1.807, 2.05) is 0 Å². The molecule has 5 heteroatoms. The smallest absolute Gasteiger partial charge is 0.424 e. The Labute approximate surface area is 74.3 Å². The number of rotatable bonds is 2. The zero-order valence-corrected chi connectivity index (χ0v) is 6.73. The van der Waals surface area contributed by atoms with Gasteiger partial charge < -0.3 is 4.74 Å². The molecule has 1 aliphatic rings. The van der Waals surface area contributed by atoms with Crippen molar-refractivity contribution in [2.75, 3.05) is 6.61 Å². The van der Waals surface area contributed by atoms with Crippen molar-refractivity contribution in [3.05, 3.63) is 24.8 Å². The van der Waals surface area contributed by atoms with Crippen molar-refractivity contribution in [1.29, 1.82) is 0 Å². The van der Waals surface area contributed by atoms with E-state index in [1.54, 1.807) is 0 Å². The number of carbonyl (C=O) groups is 3. The van der Waals surface area contributed by atoms with E-state index in [9.17, 15) is 14.4 Å². The first-order chi connectivity index (χ1) is 6.16. The fraction of sp³-hybridized carbons (Fsp3) is 0.125. The number of amides is 3. The molecule has 13 heavy (non-hydrogen) atoms. The van der Waals surface area contributed by atoms with Crippen molar-refractivity contribution in [1.82, 2.24) is 4.90 Å². The molecule has 5 nitrogen and oxygen atoms in total. The maximum absolute atomic E-state index is 11.0. The summed E-state index contributed by atoms with van der Waals surface area (Å²) in [5, 5.41) is 0. The third-order valence-electron chi connectivity index (χ3n) is 1.32. The first kappa shape index (κ1) is 9.18. The molecule has 1 heterocycles. The summed E-state index contributed by atoms with van der Waals surface area (Å²) in [4.78, 5) is 33.2. The summed E-state index contributed by atoms with van der Waals surface area (Å²) in [6, 6.07) is 0. The molecular weight excluding hydrogens is 174 g/mol. The largest absolute Gasteiger partial charge is 0.445 e. The molecule has 0 saturated carbocycles. The van der Waals surface area contributed by atoms with Crippen molar-refractivity contribution in [2.45, 2.75) is 0 Å². The second kappa shape index (κ2) is 3.66. The van der Waals surface area contributed by atoms with Gasteiger partial charge in [-0.05, 0) is 0 Å². The Kier molecular flexibility index (Phi) is 2.59. The van der Waals surface area contributed by atoms with Crippen LogP contribution in [-0.2, 0) is 14.3 Å². The van der Waals surface area contributed by atoms with Crippen LogP contribution in [0.4, 0.5) is 4.79 Å². The van der Waals surface area contributed by atoms with E-state index in [4.69, 9.17) is 0 Å². The van der Waals surface area contributed by atoms with Crippen molar-refractivity contribution in [2.24, 2.45) is 0 Å². The molecule has 0 aromatic carbocycles. The van der Waals surface area contributed by atoms with Gasteiger partial charge in [0, 0.05) is 12.2 Å². The third-order valence-corrected chi connectivity index (χ3v) is 1.32. The highest BCUT2D eigenvalue weighted by molar-refractivity contribution is 6.21. The Morgan fingerprint density at radius 3 is 2.46 bits per heavy atom. The molecule has 68 valence electrons. The topological polar surface area (TPSA) is 63.7 Å². The van der Waals surface area contributed by atoms with Crippen molar-refractivity contribution >= 4 is 17.9 Å². The predicted molar refractivity (Wildman–Crippen MR) is 42.5 cm³/mol. The SMILES string of the molecule is C=CCOC(=O)N1C(=O)C=CC1=O. The number of carbonyl (C=O) groups excluding carboxylic acids is 3. The van der Waals surface area contributed by atoms with Gasteiger partial charge in [0.25, 0.3) is 11.8 Å². The van der Waals surface area contributed by atoms with Gasteiger partial charge in [-0.15, -0.1) is 0 Å². The molecule has 3 amide bonds. The van der Waals surface area contributed by atoms with Crippen LogP contribution in [0, 0.1) is 0 Å². The minimum Gasteiger partial charge on any atom is -0.445 e. The Morgan fingerprint density at radius 2 is 2.00 bits per heavy atom. The molecule has 0 aliphatic carbocycles. The van der Waals surface area contributed by atoms with E-state index >= 15 is 0 Å². The summed E-state index contributed by atoms with van der Waals surface area (Å²) < 4.78 is 4.50. The highest BCUT2D eigenvalue weighted by Gasteiger charge is 2.31. The van der Waals surface area contributed by atoms with Gasteiger partial charge in [0.1, 0.15) is 6.61 Å². The van der Waals surface area contributed by atoms with E-state index in [2.05, 4.69) is 11.3 Å². The van der Waals surface area contributed by atoms with Crippen LogP contribution in [0.3, 0.4) is 0 Å². The minimum absolute atomic E-state index is 0.0319. The van der Waals surface area contributed by atoms with Crippen molar-refractivity contribution in [3.8, 4) is 0 Å². The van der Waals surface area contributed by atoms with Gasteiger partial charge in [0.2, 0.25) is 0 Å². The molecule has 0 bridgehead atoms. The molecule has 0 aromatic heterocycles. The number of hydrogen-bond donors (Lipinski definition) is 0. The highest BCUT2D eigenvalue weighted by Crippen LogP contribution is 2.05. The van der Waals surface area contributed by atoms with Gasteiger partial charge in [-0.1, -0.05) is 12.7 Å². The lowest BCUT2D eigenvalue weighted by Gasteiger charge is -2.10. The number of imide groups is 3. The summed E-state index contributed by atoms with van der Waals surface area (Å²) in [6.07, 6.45) is 2.39. The van der Waals surface area contributed by atoms with Crippen LogP contribution in [0.1, 0.15) is 0 Å². The lowest BCUT2D eigenvalue weighted by molar-refractivity contribution is -0.134. The van der Waals surface area contributed by atoms with Gasteiger partial charge in [0.05, 0.1) is 0 Å². The second-order valence-electron chi connectivity index (χ2n) is 2.21. The van der Waals surface area contributed by atoms with E-state index < -0.39 is 17.9 Å². The molecule has 0 spiro atoms. The molecule has 0 atom stereocenters. The molecular formula is C8H7NO4. The summed E-state index contributed by atoms with van der Waals surface area (Å²) in [5.41, 5.74) is 0. The predicted octanol–water partition coefficient (Wildman–Crippen LogP) is 0.234. The quantitative estimate of drug-likeness (QED) is 0.452. The van der Waals surface area contributed by atoms with Gasteiger partial charge in [-0.25, -0.2) is 4.79 Å². The van der Waals surface area contributed by atoms with Gasteiger partial charge in [-0.3, -0.25) is 9.59 Å².